The zero-order valence-electron chi connectivity index (χ0n) is 11.9. The molecular weight excluding hydrogens is 240 g/mol. The van der Waals surface area contributed by atoms with Crippen molar-refractivity contribution in [3.8, 4) is 11.3 Å². The molecule has 0 unspecified atom stereocenters. The van der Waals surface area contributed by atoms with Crippen molar-refractivity contribution in [3.63, 3.8) is 0 Å². The first-order valence-corrected chi connectivity index (χ1v) is 6.72. The second kappa shape index (κ2) is 5.43. The van der Waals surface area contributed by atoms with Crippen molar-refractivity contribution < 1.29 is 9.21 Å². The van der Waals surface area contributed by atoms with Crippen molar-refractivity contribution in [1.82, 2.24) is 9.78 Å². The molecule has 0 N–H and O–H groups in total. The monoisotopic (exact) mass is 260 g/mol. The molecule has 0 saturated heterocycles. The Morgan fingerprint density at radius 3 is 2.53 bits per heavy atom. The highest BCUT2D eigenvalue weighted by Crippen LogP contribution is 2.29. The largest absolute Gasteiger partial charge is 0.466 e. The van der Waals surface area contributed by atoms with Crippen molar-refractivity contribution in [3.05, 3.63) is 29.3 Å². The molecule has 102 valence electrons. The maximum absolute atomic E-state index is 11.2. The van der Waals surface area contributed by atoms with Gasteiger partial charge in [0.2, 0.25) is 0 Å². The molecule has 4 heteroatoms. The minimum atomic E-state index is 0.334. The average molecular weight is 260 g/mol. The molecule has 0 bridgehead atoms. The van der Waals surface area contributed by atoms with Crippen molar-refractivity contribution in [2.75, 3.05) is 0 Å². The number of aryl methyl sites for hydroxylation is 2. The summed E-state index contributed by atoms with van der Waals surface area (Å²) in [5.41, 5.74) is 2.25. The van der Waals surface area contributed by atoms with E-state index in [-0.39, 0.29) is 0 Å². The normalized spacial score (nSPS) is 11.2. The van der Waals surface area contributed by atoms with Crippen LogP contribution in [0.4, 0.5) is 0 Å². The second-order valence-corrected chi connectivity index (χ2v) is 4.83. The van der Waals surface area contributed by atoms with Gasteiger partial charge < -0.3 is 4.42 Å². The number of carbonyl (C=O) groups is 1. The SMILES string of the molecule is CCC(CC)n1cc(C=O)c(-c2cc(C)oc2C)n1. The smallest absolute Gasteiger partial charge is 0.153 e. The second-order valence-electron chi connectivity index (χ2n) is 4.83. The van der Waals surface area contributed by atoms with Gasteiger partial charge in [-0.25, -0.2) is 0 Å². The van der Waals surface area contributed by atoms with Gasteiger partial charge in [-0.2, -0.15) is 5.10 Å². The first kappa shape index (κ1) is 13.6. The van der Waals surface area contributed by atoms with E-state index in [1.54, 1.807) is 0 Å². The van der Waals surface area contributed by atoms with Gasteiger partial charge in [-0.1, -0.05) is 13.8 Å². The summed E-state index contributed by atoms with van der Waals surface area (Å²) in [6, 6.07) is 2.27. The van der Waals surface area contributed by atoms with Crippen LogP contribution in [-0.4, -0.2) is 16.1 Å². The molecular formula is C15H20N2O2. The minimum Gasteiger partial charge on any atom is -0.466 e. The first-order chi connectivity index (χ1) is 9.10. The van der Waals surface area contributed by atoms with E-state index in [4.69, 9.17) is 4.42 Å². The van der Waals surface area contributed by atoms with E-state index in [0.717, 1.165) is 41.9 Å². The number of rotatable bonds is 5. The Hall–Kier alpha value is -1.84. The van der Waals surface area contributed by atoms with Crippen LogP contribution in [0.15, 0.2) is 16.7 Å². The van der Waals surface area contributed by atoms with Crippen LogP contribution in [0.2, 0.25) is 0 Å². The summed E-state index contributed by atoms with van der Waals surface area (Å²) in [6.07, 6.45) is 4.70. The lowest BCUT2D eigenvalue weighted by molar-refractivity contribution is 0.112. The molecule has 2 aromatic heterocycles. The summed E-state index contributed by atoms with van der Waals surface area (Å²) < 4.78 is 7.43. The van der Waals surface area contributed by atoms with Crippen molar-refractivity contribution in [2.45, 2.75) is 46.6 Å². The van der Waals surface area contributed by atoms with Crippen LogP contribution in [0.3, 0.4) is 0 Å². The van der Waals surface area contributed by atoms with Gasteiger partial charge in [0, 0.05) is 11.8 Å². The lowest BCUT2D eigenvalue weighted by atomic mass is 10.1. The number of aromatic nitrogens is 2. The summed E-state index contributed by atoms with van der Waals surface area (Å²) in [6.45, 7) is 8.05. The van der Waals surface area contributed by atoms with Crippen LogP contribution >= 0.6 is 0 Å². The number of furan rings is 1. The fourth-order valence-corrected chi connectivity index (χ4v) is 2.42. The molecule has 0 spiro atoms. The molecule has 2 rings (SSSR count). The van der Waals surface area contributed by atoms with Crippen LogP contribution in [0.5, 0.6) is 0 Å². The predicted octanol–water partition coefficient (Wildman–Crippen LogP) is 3.93. The van der Waals surface area contributed by atoms with Gasteiger partial charge in [-0.05, 0) is 32.8 Å². The Kier molecular flexibility index (Phi) is 3.88. The molecule has 0 aromatic carbocycles. The molecule has 4 nitrogen and oxygen atoms in total. The zero-order chi connectivity index (χ0) is 14.0. The number of hydrogen-bond acceptors (Lipinski definition) is 3. The van der Waals surface area contributed by atoms with Crippen molar-refractivity contribution in [1.29, 1.82) is 0 Å². The van der Waals surface area contributed by atoms with E-state index in [9.17, 15) is 4.79 Å². The van der Waals surface area contributed by atoms with Crippen molar-refractivity contribution in [2.24, 2.45) is 0 Å². The predicted molar refractivity (Wildman–Crippen MR) is 74.4 cm³/mol. The molecule has 0 atom stereocenters. The third kappa shape index (κ3) is 2.48. The fourth-order valence-electron chi connectivity index (χ4n) is 2.42. The highest BCUT2D eigenvalue weighted by atomic mass is 16.3. The first-order valence-electron chi connectivity index (χ1n) is 6.72. The Balaban J connectivity index is 2.51. The molecule has 2 aromatic rings. The molecule has 0 amide bonds. The number of nitrogens with zero attached hydrogens (tertiary/aromatic N) is 2. The summed E-state index contributed by atoms with van der Waals surface area (Å²) in [7, 11) is 0. The molecule has 0 radical (unpaired) electrons. The third-order valence-electron chi connectivity index (χ3n) is 3.50. The molecule has 0 saturated carbocycles. The third-order valence-corrected chi connectivity index (χ3v) is 3.50. The lowest BCUT2D eigenvalue weighted by Crippen LogP contribution is -2.07. The Labute approximate surface area is 113 Å². The highest BCUT2D eigenvalue weighted by molar-refractivity contribution is 5.86. The van der Waals surface area contributed by atoms with Gasteiger partial charge in [0.15, 0.2) is 6.29 Å². The Bertz CT molecular complexity index is 577. The maximum atomic E-state index is 11.2. The molecule has 0 aliphatic heterocycles. The van der Waals surface area contributed by atoms with Crippen LogP contribution in [-0.2, 0) is 0 Å². The number of aldehydes is 1. The van der Waals surface area contributed by atoms with E-state index in [1.165, 1.54) is 0 Å². The molecule has 0 fully saturated rings. The lowest BCUT2D eigenvalue weighted by Gasteiger charge is -2.12. The van der Waals surface area contributed by atoms with Gasteiger partial charge in [0.05, 0.1) is 11.6 Å². The van der Waals surface area contributed by atoms with Crippen LogP contribution in [0.1, 0.15) is 54.6 Å². The fraction of sp³-hybridized carbons (Fsp3) is 0.467. The quantitative estimate of drug-likeness (QED) is 0.765. The van der Waals surface area contributed by atoms with Crippen LogP contribution < -0.4 is 0 Å². The molecule has 2 heterocycles. The van der Waals surface area contributed by atoms with Gasteiger partial charge in [0.25, 0.3) is 0 Å². The Morgan fingerprint density at radius 2 is 2.05 bits per heavy atom. The number of carbonyl (C=O) groups excluding carboxylic acids is 1. The minimum absolute atomic E-state index is 0.334. The van der Waals surface area contributed by atoms with Gasteiger partial charge in [-0.3, -0.25) is 9.48 Å². The van der Waals surface area contributed by atoms with Gasteiger partial charge >= 0.3 is 0 Å². The highest BCUT2D eigenvalue weighted by Gasteiger charge is 2.18. The maximum Gasteiger partial charge on any atom is 0.153 e. The van der Waals surface area contributed by atoms with Crippen LogP contribution in [0, 0.1) is 13.8 Å². The van der Waals surface area contributed by atoms with Crippen LogP contribution in [0.25, 0.3) is 11.3 Å². The molecule has 0 aliphatic carbocycles. The topological polar surface area (TPSA) is 48.0 Å². The van der Waals surface area contributed by atoms with Gasteiger partial charge in [-0.15, -0.1) is 0 Å². The Morgan fingerprint density at radius 1 is 1.37 bits per heavy atom. The standard InChI is InChI=1S/C15H20N2O2/c1-5-13(6-2)17-8-12(9-18)15(16-17)14-7-10(3)19-11(14)4/h7-9,13H,5-6H2,1-4H3. The summed E-state index contributed by atoms with van der Waals surface area (Å²) >= 11 is 0. The van der Waals surface area contributed by atoms with Gasteiger partial charge in [0.1, 0.15) is 17.2 Å². The molecule has 19 heavy (non-hydrogen) atoms. The van der Waals surface area contributed by atoms with E-state index in [0.29, 0.717) is 11.6 Å². The summed E-state index contributed by atoms with van der Waals surface area (Å²) in [5.74, 6) is 1.64. The van der Waals surface area contributed by atoms with E-state index >= 15 is 0 Å². The summed E-state index contributed by atoms with van der Waals surface area (Å²) in [4.78, 5) is 11.2. The van der Waals surface area contributed by atoms with Crippen molar-refractivity contribution >= 4 is 6.29 Å². The van der Waals surface area contributed by atoms with E-state index in [1.807, 2.05) is 30.8 Å². The van der Waals surface area contributed by atoms with E-state index < -0.39 is 0 Å². The van der Waals surface area contributed by atoms with E-state index in [2.05, 4.69) is 18.9 Å². The molecule has 0 aliphatic rings. The number of hydrogen-bond donors (Lipinski definition) is 0. The summed E-state index contributed by atoms with van der Waals surface area (Å²) in [5, 5.41) is 4.59. The average Bonchev–Trinajstić information content (AvgIpc) is 2.94. The zero-order valence-corrected chi connectivity index (χ0v) is 11.9.